The number of esters is 1. The molecule has 0 aliphatic carbocycles. The third kappa shape index (κ3) is 7.50. The zero-order valence-electron chi connectivity index (χ0n) is 19.1. The molecule has 0 aliphatic rings. The molecule has 0 amide bonds. The first-order chi connectivity index (χ1) is 17.2. The van der Waals surface area contributed by atoms with Crippen LogP contribution in [-0.2, 0) is 20.9 Å². The molecule has 36 heavy (non-hydrogen) atoms. The zero-order chi connectivity index (χ0) is 26.1. The molecular weight excluding hydrogens is 490 g/mol. The molecule has 1 heterocycles. The van der Waals surface area contributed by atoms with Crippen LogP contribution < -0.4 is 4.90 Å². The molecule has 13 heteroatoms. The second kappa shape index (κ2) is 12.3. The van der Waals surface area contributed by atoms with Crippen LogP contribution in [0.25, 0.3) is 0 Å². The van der Waals surface area contributed by atoms with E-state index in [1.54, 1.807) is 24.3 Å². The number of Topliss-reactive ketones (excluding diaryl/α,β-unsaturated/α-hetero) is 1. The normalized spacial score (nSPS) is 10.8. The molecule has 3 rings (SSSR count). The number of nitrogens with zero attached hydrogens (tertiary/aromatic N) is 5. The van der Waals surface area contributed by atoms with Crippen molar-refractivity contribution in [2.45, 2.75) is 19.9 Å². The van der Waals surface area contributed by atoms with Crippen molar-refractivity contribution < 1.29 is 24.2 Å². The van der Waals surface area contributed by atoms with Crippen molar-refractivity contribution in [1.29, 1.82) is 0 Å². The Labute approximate surface area is 209 Å². The second-order valence-corrected chi connectivity index (χ2v) is 8.53. The minimum atomic E-state index is -0.746. The molecule has 0 saturated carbocycles. The highest BCUT2D eigenvalue weighted by molar-refractivity contribution is 7.19. The lowest BCUT2D eigenvalue weighted by molar-refractivity contribution is -0.389. The van der Waals surface area contributed by atoms with Crippen molar-refractivity contribution in [2.24, 2.45) is 10.2 Å². The molecular formula is C23H21N5O7S. The highest BCUT2D eigenvalue weighted by atomic mass is 32.1. The van der Waals surface area contributed by atoms with E-state index in [1.165, 1.54) is 6.92 Å². The number of anilines is 1. The fourth-order valence-electron chi connectivity index (χ4n) is 3.07. The standard InChI is InChI=1S/C23H21N5O7S/c1-16(29)15-35-22(30)11-12-26(14-17-5-3-2-4-6-17)19-9-7-18(8-10-19)24-25-23-20(27(31)32)13-21(36-23)28(33)34/h2-10,13H,11-12,14-15H2,1H3. The van der Waals surface area contributed by atoms with Gasteiger partial charge >= 0.3 is 16.7 Å². The lowest BCUT2D eigenvalue weighted by Crippen LogP contribution is -2.26. The number of azo groups is 1. The fraction of sp³-hybridized carbons (Fsp3) is 0.217. The lowest BCUT2D eigenvalue weighted by Gasteiger charge is -2.25. The molecule has 0 atom stereocenters. The van der Waals surface area contributed by atoms with Crippen molar-refractivity contribution in [2.75, 3.05) is 18.1 Å². The molecule has 0 aliphatic heterocycles. The minimum Gasteiger partial charge on any atom is -0.458 e. The first-order valence-electron chi connectivity index (χ1n) is 10.6. The van der Waals surface area contributed by atoms with Crippen LogP contribution in [0.2, 0.25) is 0 Å². The van der Waals surface area contributed by atoms with E-state index in [-0.39, 0.29) is 23.8 Å². The van der Waals surface area contributed by atoms with Crippen LogP contribution in [0.3, 0.4) is 0 Å². The van der Waals surface area contributed by atoms with Gasteiger partial charge in [-0.3, -0.25) is 29.8 Å². The van der Waals surface area contributed by atoms with Gasteiger partial charge in [-0.1, -0.05) is 30.3 Å². The maximum atomic E-state index is 12.0. The largest absolute Gasteiger partial charge is 0.458 e. The van der Waals surface area contributed by atoms with E-state index in [0.29, 0.717) is 30.1 Å². The number of hydrogen-bond donors (Lipinski definition) is 0. The number of thiophene rings is 1. The molecule has 0 unspecified atom stereocenters. The zero-order valence-corrected chi connectivity index (χ0v) is 19.9. The van der Waals surface area contributed by atoms with E-state index in [0.717, 1.165) is 17.3 Å². The molecule has 2 aromatic carbocycles. The number of carbonyl (C=O) groups excluding carboxylic acids is 2. The summed E-state index contributed by atoms with van der Waals surface area (Å²) in [5, 5.41) is 29.3. The van der Waals surface area contributed by atoms with Crippen LogP contribution in [0.5, 0.6) is 0 Å². The van der Waals surface area contributed by atoms with E-state index in [9.17, 15) is 29.8 Å². The molecule has 0 saturated heterocycles. The summed E-state index contributed by atoms with van der Waals surface area (Å²) < 4.78 is 4.94. The SMILES string of the molecule is CC(=O)COC(=O)CCN(Cc1ccccc1)c1ccc(N=Nc2sc([N+](=O)[O-])cc2[N+](=O)[O-])cc1. The average Bonchev–Trinajstić information content (AvgIpc) is 3.30. The number of nitro groups is 2. The number of hydrogen-bond acceptors (Lipinski definition) is 11. The van der Waals surface area contributed by atoms with Crippen LogP contribution >= 0.6 is 11.3 Å². The third-order valence-corrected chi connectivity index (χ3v) is 5.73. The molecule has 3 aromatic rings. The maximum absolute atomic E-state index is 12.0. The Kier molecular flexibility index (Phi) is 8.89. The number of carbonyl (C=O) groups is 2. The van der Waals surface area contributed by atoms with Gasteiger partial charge in [0.1, 0.15) is 12.7 Å². The van der Waals surface area contributed by atoms with Gasteiger partial charge < -0.3 is 9.64 Å². The van der Waals surface area contributed by atoms with E-state index in [4.69, 9.17) is 4.74 Å². The van der Waals surface area contributed by atoms with Gasteiger partial charge in [-0.15, -0.1) is 10.2 Å². The third-order valence-electron chi connectivity index (χ3n) is 4.77. The van der Waals surface area contributed by atoms with Gasteiger partial charge in [0.25, 0.3) is 0 Å². The number of rotatable bonds is 12. The van der Waals surface area contributed by atoms with E-state index >= 15 is 0 Å². The van der Waals surface area contributed by atoms with E-state index in [2.05, 4.69) is 10.2 Å². The van der Waals surface area contributed by atoms with Gasteiger partial charge in [0, 0.05) is 18.8 Å². The summed E-state index contributed by atoms with van der Waals surface area (Å²) in [7, 11) is 0. The Bertz CT molecular complexity index is 1280. The number of ether oxygens (including phenoxy) is 1. The van der Waals surface area contributed by atoms with Gasteiger partial charge in [-0.2, -0.15) is 0 Å². The highest BCUT2D eigenvalue weighted by Crippen LogP contribution is 2.42. The van der Waals surface area contributed by atoms with Crippen LogP contribution in [-0.4, -0.2) is 34.8 Å². The summed E-state index contributed by atoms with van der Waals surface area (Å²) in [5.41, 5.74) is 1.68. The van der Waals surface area contributed by atoms with Crippen molar-refractivity contribution >= 4 is 50.2 Å². The molecule has 0 spiro atoms. The Morgan fingerprint density at radius 1 is 1.00 bits per heavy atom. The smallest absolute Gasteiger partial charge is 0.333 e. The van der Waals surface area contributed by atoms with E-state index in [1.807, 2.05) is 35.2 Å². The first kappa shape index (κ1) is 26.1. The van der Waals surface area contributed by atoms with Crippen molar-refractivity contribution in [3.63, 3.8) is 0 Å². The van der Waals surface area contributed by atoms with Crippen LogP contribution in [0.4, 0.5) is 27.1 Å². The summed E-state index contributed by atoms with van der Waals surface area (Å²) in [5.74, 6) is -0.725. The summed E-state index contributed by atoms with van der Waals surface area (Å²) >= 11 is 0.565. The van der Waals surface area contributed by atoms with Crippen LogP contribution in [0, 0.1) is 20.2 Å². The van der Waals surface area contributed by atoms with Gasteiger partial charge in [0.2, 0.25) is 5.00 Å². The van der Waals surface area contributed by atoms with Gasteiger partial charge in [0.15, 0.2) is 5.78 Å². The molecule has 0 bridgehead atoms. The summed E-state index contributed by atoms with van der Waals surface area (Å²) in [6.07, 6.45) is 0.0718. The first-order valence-corrected chi connectivity index (χ1v) is 11.4. The summed E-state index contributed by atoms with van der Waals surface area (Å²) in [4.78, 5) is 45.6. The van der Waals surface area contributed by atoms with Gasteiger partial charge in [0.05, 0.1) is 22.0 Å². The van der Waals surface area contributed by atoms with Crippen LogP contribution in [0.1, 0.15) is 18.9 Å². The number of benzene rings is 2. The van der Waals surface area contributed by atoms with Gasteiger partial charge in [-0.25, -0.2) is 0 Å². The predicted molar refractivity (Wildman–Crippen MR) is 132 cm³/mol. The fourth-order valence-corrected chi connectivity index (χ4v) is 3.83. The molecule has 186 valence electrons. The van der Waals surface area contributed by atoms with E-state index < -0.39 is 26.5 Å². The van der Waals surface area contributed by atoms with Crippen molar-refractivity contribution in [1.82, 2.24) is 0 Å². The minimum absolute atomic E-state index is 0.0718. The van der Waals surface area contributed by atoms with Crippen molar-refractivity contribution in [3.8, 4) is 0 Å². The monoisotopic (exact) mass is 511 g/mol. The molecule has 0 N–H and O–H groups in total. The van der Waals surface area contributed by atoms with Crippen LogP contribution in [0.15, 0.2) is 70.9 Å². The quantitative estimate of drug-likeness (QED) is 0.133. The molecule has 12 nitrogen and oxygen atoms in total. The lowest BCUT2D eigenvalue weighted by atomic mass is 10.2. The maximum Gasteiger partial charge on any atom is 0.333 e. The topological polar surface area (TPSA) is 158 Å². The Hall–Kier alpha value is -4.52. The predicted octanol–water partition coefficient (Wildman–Crippen LogP) is 5.51. The highest BCUT2D eigenvalue weighted by Gasteiger charge is 2.25. The summed E-state index contributed by atoms with van der Waals surface area (Å²) in [6, 6.07) is 17.3. The molecule has 0 fully saturated rings. The Morgan fingerprint density at radius 3 is 2.31 bits per heavy atom. The summed E-state index contributed by atoms with van der Waals surface area (Å²) in [6.45, 7) is 1.92. The average molecular weight is 512 g/mol. The van der Waals surface area contributed by atoms with Crippen molar-refractivity contribution in [3.05, 3.63) is 86.5 Å². The Balaban J connectivity index is 1.76. The number of ketones is 1. The van der Waals surface area contributed by atoms with Gasteiger partial charge in [-0.05, 0) is 48.1 Å². The second-order valence-electron chi connectivity index (χ2n) is 7.53. The Morgan fingerprint density at radius 2 is 1.69 bits per heavy atom. The molecule has 1 aromatic heterocycles. The molecule has 0 radical (unpaired) electrons.